The van der Waals surface area contributed by atoms with E-state index in [-0.39, 0.29) is 5.54 Å². The lowest BCUT2D eigenvalue weighted by Crippen LogP contribution is -2.30. The predicted molar refractivity (Wildman–Crippen MR) is 124 cm³/mol. The fourth-order valence-electron chi connectivity index (χ4n) is 3.61. The summed E-state index contributed by atoms with van der Waals surface area (Å²) in [5, 5.41) is 3.66. The van der Waals surface area contributed by atoms with Crippen LogP contribution in [-0.4, -0.2) is 5.54 Å². The molecule has 1 N–H and O–H groups in total. The number of rotatable bonds is 17. The van der Waals surface area contributed by atoms with Crippen molar-refractivity contribution in [2.75, 3.05) is 5.32 Å². The number of nitrogens with one attached hydrogen (secondary N) is 1. The first kappa shape index (κ1) is 23.8. The van der Waals surface area contributed by atoms with Crippen LogP contribution < -0.4 is 5.32 Å². The molecule has 0 aromatic heterocycles. The van der Waals surface area contributed by atoms with Crippen molar-refractivity contribution in [3.05, 3.63) is 42.5 Å². The van der Waals surface area contributed by atoms with Crippen molar-refractivity contribution in [3.8, 4) is 0 Å². The van der Waals surface area contributed by atoms with Crippen LogP contribution in [-0.2, 0) is 0 Å². The van der Waals surface area contributed by atoms with E-state index in [1.54, 1.807) is 0 Å². The molecule has 1 heteroatoms. The monoisotopic (exact) mass is 371 g/mol. The standard InChI is InChI=1S/C26H45N/c1-4-5-6-7-8-9-10-11-12-13-14-15-16-17-21-24-26(2,3)27-25-22-19-18-20-23-25/h11-12,18-20,22-23,27H,4-10,13-17,21,24H2,1-3H3/b12-11-. The number of hydrogen-bond donors (Lipinski definition) is 1. The molecule has 0 fully saturated rings. The number of unbranched alkanes of at least 4 members (excludes halogenated alkanes) is 11. The lowest BCUT2D eigenvalue weighted by Gasteiger charge is -2.27. The Morgan fingerprint density at radius 2 is 1.22 bits per heavy atom. The number of anilines is 1. The first-order chi connectivity index (χ1) is 13.1. The smallest absolute Gasteiger partial charge is 0.0344 e. The summed E-state index contributed by atoms with van der Waals surface area (Å²) in [5.41, 5.74) is 1.41. The first-order valence-corrected chi connectivity index (χ1v) is 11.6. The summed E-state index contributed by atoms with van der Waals surface area (Å²) in [6.45, 7) is 6.91. The summed E-state index contributed by atoms with van der Waals surface area (Å²) in [6, 6.07) is 10.6. The Hall–Kier alpha value is -1.24. The highest BCUT2D eigenvalue weighted by atomic mass is 15.0. The second-order valence-corrected chi connectivity index (χ2v) is 8.71. The first-order valence-electron chi connectivity index (χ1n) is 11.6. The highest BCUT2D eigenvalue weighted by Crippen LogP contribution is 2.21. The summed E-state index contributed by atoms with van der Waals surface area (Å²) in [4.78, 5) is 0. The van der Waals surface area contributed by atoms with E-state index in [4.69, 9.17) is 0 Å². The zero-order chi connectivity index (χ0) is 19.6. The van der Waals surface area contributed by atoms with E-state index in [1.165, 1.54) is 95.6 Å². The third-order valence-corrected chi connectivity index (χ3v) is 5.32. The number of benzene rings is 1. The predicted octanol–water partition coefficient (Wildman–Crippen LogP) is 8.91. The molecule has 0 amide bonds. The lowest BCUT2D eigenvalue weighted by atomic mass is 9.95. The quantitative estimate of drug-likeness (QED) is 0.213. The van der Waals surface area contributed by atoms with Crippen LogP contribution in [0.2, 0.25) is 0 Å². The topological polar surface area (TPSA) is 12.0 Å². The van der Waals surface area contributed by atoms with Crippen molar-refractivity contribution in [2.45, 2.75) is 116 Å². The van der Waals surface area contributed by atoms with Crippen molar-refractivity contribution in [1.29, 1.82) is 0 Å². The van der Waals surface area contributed by atoms with Gasteiger partial charge in [-0.05, 0) is 58.1 Å². The van der Waals surface area contributed by atoms with Gasteiger partial charge < -0.3 is 5.32 Å². The molecule has 1 nitrogen and oxygen atoms in total. The van der Waals surface area contributed by atoms with Crippen molar-refractivity contribution in [2.24, 2.45) is 0 Å². The van der Waals surface area contributed by atoms with Crippen LogP contribution in [0.1, 0.15) is 111 Å². The highest BCUT2D eigenvalue weighted by Gasteiger charge is 2.16. The fourth-order valence-corrected chi connectivity index (χ4v) is 3.61. The molecule has 0 radical (unpaired) electrons. The van der Waals surface area contributed by atoms with Gasteiger partial charge in [-0.2, -0.15) is 0 Å². The van der Waals surface area contributed by atoms with E-state index in [9.17, 15) is 0 Å². The molecular formula is C26H45N. The van der Waals surface area contributed by atoms with Gasteiger partial charge in [0.15, 0.2) is 0 Å². The summed E-state index contributed by atoms with van der Waals surface area (Å²) in [6.07, 6.45) is 23.9. The van der Waals surface area contributed by atoms with Gasteiger partial charge in [0.05, 0.1) is 0 Å². The van der Waals surface area contributed by atoms with Crippen LogP contribution in [0.15, 0.2) is 42.5 Å². The summed E-state index contributed by atoms with van der Waals surface area (Å²) >= 11 is 0. The SMILES string of the molecule is CCCCCCCC/C=C\CCCCCCCC(C)(C)Nc1ccccc1. The molecule has 0 aliphatic heterocycles. The third kappa shape index (κ3) is 14.5. The Bertz CT molecular complexity index is 460. The van der Waals surface area contributed by atoms with Gasteiger partial charge in [-0.25, -0.2) is 0 Å². The lowest BCUT2D eigenvalue weighted by molar-refractivity contribution is 0.473. The van der Waals surface area contributed by atoms with Gasteiger partial charge in [-0.1, -0.05) is 95.1 Å². The molecule has 0 aliphatic rings. The minimum absolute atomic E-state index is 0.181. The molecule has 0 aliphatic carbocycles. The zero-order valence-electron chi connectivity index (χ0n) is 18.4. The van der Waals surface area contributed by atoms with Crippen LogP contribution in [0, 0.1) is 0 Å². The van der Waals surface area contributed by atoms with Crippen LogP contribution in [0.4, 0.5) is 5.69 Å². The van der Waals surface area contributed by atoms with Gasteiger partial charge in [-0.3, -0.25) is 0 Å². The number of para-hydroxylation sites is 1. The van der Waals surface area contributed by atoms with Crippen molar-refractivity contribution < 1.29 is 0 Å². The van der Waals surface area contributed by atoms with E-state index >= 15 is 0 Å². The second kappa shape index (κ2) is 15.8. The molecule has 1 aromatic rings. The number of allylic oxidation sites excluding steroid dienone is 2. The maximum atomic E-state index is 3.66. The minimum Gasteiger partial charge on any atom is -0.380 e. The van der Waals surface area contributed by atoms with E-state index in [0.29, 0.717) is 0 Å². The van der Waals surface area contributed by atoms with Gasteiger partial charge >= 0.3 is 0 Å². The van der Waals surface area contributed by atoms with Crippen molar-refractivity contribution in [1.82, 2.24) is 0 Å². The third-order valence-electron chi connectivity index (χ3n) is 5.32. The van der Waals surface area contributed by atoms with E-state index in [0.717, 1.165) is 0 Å². The Kier molecular flexibility index (Phi) is 13.9. The average Bonchev–Trinajstić information content (AvgIpc) is 2.65. The van der Waals surface area contributed by atoms with Crippen LogP contribution in [0.25, 0.3) is 0 Å². The average molecular weight is 372 g/mol. The second-order valence-electron chi connectivity index (χ2n) is 8.71. The minimum atomic E-state index is 0.181. The van der Waals surface area contributed by atoms with Crippen LogP contribution in [0.5, 0.6) is 0 Å². The largest absolute Gasteiger partial charge is 0.380 e. The molecule has 0 spiro atoms. The molecule has 1 aromatic carbocycles. The highest BCUT2D eigenvalue weighted by molar-refractivity contribution is 5.44. The Balaban J connectivity index is 1.90. The summed E-state index contributed by atoms with van der Waals surface area (Å²) < 4.78 is 0. The van der Waals surface area contributed by atoms with Crippen molar-refractivity contribution >= 4 is 5.69 Å². The summed E-state index contributed by atoms with van der Waals surface area (Å²) in [7, 11) is 0. The van der Waals surface area contributed by atoms with Crippen molar-refractivity contribution in [3.63, 3.8) is 0 Å². The Labute approximate surface area is 170 Å². The molecule has 0 bridgehead atoms. The van der Waals surface area contributed by atoms with E-state index < -0.39 is 0 Å². The van der Waals surface area contributed by atoms with Gasteiger partial charge in [0, 0.05) is 11.2 Å². The van der Waals surface area contributed by atoms with Gasteiger partial charge in [0.25, 0.3) is 0 Å². The molecule has 27 heavy (non-hydrogen) atoms. The molecule has 0 atom stereocenters. The molecule has 154 valence electrons. The number of hydrogen-bond acceptors (Lipinski definition) is 1. The summed E-state index contributed by atoms with van der Waals surface area (Å²) in [5.74, 6) is 0. The molecule has 1 rings (SSSR count). The van der Waals surface area contributed by atoms with Gasteiger partial charge in [0.2, 0.25) is 0 Å². The van der Waals surface area contributed by atoms with Crippen LogP contribution >= 0.6 is 0 Å². The van der Waals surface area contributed by atoms with Gasteiger partial charge in [0.1, 0.15) is 0 Å². The normalized spacial score (nSPS) is 12.0. The Morgan fingerprint density at radius 3 is 1.81 bits per heavy atom. The fraction of sp³-hybridized carbons (Fsp3) is 0.692. The molecule has 0 heterocycles. The van der Waals surface area contributed by atoms with Gasteiger partial charge in [-0.15, -0.1) is 0 Å². The molecule has 0 saturated heterocycles. The van der Waals surface area contributed by atoms with E-state index in [1.807, 2.05) is 0 Å². The Morgan fingerprint density at radius 1 is 0.704 bits per heavy atom. The maximum absolute atomic E-state index is 3.66. The van der Waals surface area contributed by atoms with Crippen LogP contribution in [0.3, 0.4) is 0 Å². The maximum Gasteiger partial charge on any atom is 0.0344 e. The molecular weight excluding hydrogens is 326 g/mol. The molecule has 0 saturated carbocycles. The van der Waals surface area contributed by atoms with E-state index in [2.05, 4.69) is 68.6 Å². The zero-order valence-corrected chi connectivity index (χ0v) is 18.4. The molecule has 0 unspecified atom stereocenters.